The van der Waals surface area contributed by atoms with E-state index in [4.69, 9.17) is 0 Å². The van der Waals surface area contributed by atoms with E-state index in [1.54, 1.807) is 42.5 Å². The van der Waals surface area contributed by atoms with Crippen LogP contribution in [0.25, 0.3) is 0 Å². The summed E-state index contributed by atoms with van der Waals surface area (Å²) in [6.07, 6.45) is -0.150. The highest BCUT2D eigenvalue weighted by atomic mass is 79.9. The number of amides is 2. The first-order valence-corrected chi connectivity index (χ1v) is 9.99. The summed E-state index contributed by atoms with van der Waals surface area (Å²) in [4.78, 5) is 26.0. The van der Waals surface area contributed by atoms with Crippen molar-refractivity contribution in [2.24, 2.45) is 0 Å². The van der Waals surface area contributed by atoms with Gasteiger partial charge in [-0.2, -0.15) is 0 Å². The number of benzene rings is 2. The van der Waals surface area contributed by atoms with E-state index < -0.39 is 15.7 Å². The van der Waals surface area contributed by atoms with Crippen molar-refractivity contribution in [3.63, 3.8) is 0 Å². The molecule has 0 atom stereocenters. The van der Waals surface area contributed by atoms with Crippen LogP contribution in [0, 0.1) is 0 Å². The summed E-state index contributed by atoms with van der Waals surface area (Å²) in [7, 11) is -3.54. The highest BCUT2D eigenvalue weighted by Crippen LogP contribution is 2.30. The first-order valence-electron chi connectivity index (χ1n) is 7.54. The number of hydrogen-bond donors (Lipinski definition) is 1. The van der Waals surface area contributed by atoms with Gasteiger partial charge in [0.15, 0.2) is 9.84 Å². The molecule has 2 amide bonds. The number of anilines is 2. The summed E-state index contributed by atoms with van der Waals surface area (Å²) in [5.74, 6) is -1.04. The molecule has 0 aliphatic carbocycles. The van der Waals surface area contributed by atoms with Crippen LogP contribution in [-0.4, -0.2) is 32.5 Å². The van der Waals surface area contributed by atoms with Gasteiger partial charge in [0, 0.05) is 16.6 Å². The average Bonchev–Trinajstić information content (AvgIpc) is 2.68. The molecule has 3 rings (SSSR count). The molecule has 0 radical (unpaired) electrons. The number of sulfone groups is 1. The molecule has 1 heterocycles. The Hall–Kier alpha value is -2.19. The van der Waals surface area contributed by atoms with Crippen LogP contribution in [0.4, 0.5) is 11.4 Å². The van der Waals surface area contributed by atoms with Crippen LogP contribution < -0.4 is 10.2 Å². The smallest absolute Gasteiger partial charge is 0.244 e. The number of hydrogen-bond acceptors (Lipinski definition) is 4. The molecule has 0 saturated carbocycles. The van der Waals surface area contributed by atoms with Crippen molar-refractivity contribution in [2.45, 2.75) is 11.3 Å². The number of carbonyl (C=O) groups excluding carboxylic acids is 2. The summed E-state index contributed by atoms with van der Waals surface area (Å²) in [5, 5.41) is 2.71. The van der Waals surface area contributed by atoms with Crippen LogP contribution in [0.2, 0.25) is 0 Å². The summed E-state index contributed by atoms with van der Waals surface area (Å²) < 4.78 is 25.5. The molecule has 8 heteroatoms. The minimum Gasteiger partial charge on any atom is -0.325 e. The molecule has 130 valence electrons. The third-order valence-corrected chi connectivity index (χ3v) is 6.09. The lowest BCUT2D eigenvalue weighted by Gasteiger charge is -2.21. The van der Waals surface area contributed by atoms with E-state index in [1.165, 1.54) is 11.0 Å². The fourth-order valence-corrected chi connectivity index (χ4v) is 4.31. The number of halogens is 1. The second kappa shape index (κ2) is 6.97. The van der Waals surface area contributed by atoms with Crippen molar-refractivity contribution in [1.82, 2.24) is 0 Å². The monoisotopic (exact) mass is 422 g/mol. The normalized spacial score (nSPS) is 16.0. The number of nitrogens with zero attached hydrogens (tertiary/aromatic N) is 1. The van der Waals surface area contributed by atoms with Crippen molar-refractivity contribution in [3.8, 4) is 0 Å². The van der Waals surface area contributed by atoms with Crippen molar-refractivity contribution in [3.05, 3.63) is 53.0 Å². The van der Waals surface area contributed by atoms with Crippen LogP contribution in [0.3, 0.4) is 0 Å². The molecule has 0 bridgehead atoms. The summed E-state index contributed by atoms with van der Waals surface area (Å²) in [6.45, 7) is -0.249. The van der Waals surface area contributed by atoms with Crippen molar-refractivity contribution in [1.29, 1.82) is 0 Å². The Bertz CT molecular complexity index is 926. The minimum absolute atomic E-state index is 0.0808. The summed E-state index contributed by atoms with van der Waals surface area (Å²) in [5.41, 5.74) is 0.840. The number of rotatable bonds is 3. The lowest BCUT2D eigenvalue weighted by Crippen LogP contribution is -2.37. The Kier molecular flexibility index (Phi) is 4.91. The molecule has 1 aliphatic heterocycles. The fourth-order valence-electron chi connectivity index (χ4n) is 2.59. The molecule has 2 aromatic rings. The second-order valence-corrected chi connectivity index (χ2v) is 8.56. The van der Waals surface area contributed by atoms with Crippen LogP contribution in [0.5, 0.6) is 0 Å². The first kappa shape index (κ1) is 17.6. The average molecular weight is 423 g/mol. The van der Waals surface area contributed by atoms with Gasteiger partial charge in [0.05, 0.1) is 16.3 Å². The molecule has 0 fully saturated rings. The van der Waals surface area contributed by atoms with Gasteiger partial charge in [-0.15, -0.1) is 0 Å². The van der Waals surface area contributed by atoms with E-state index in [0.29, 0.717) is 5.69 Å². The Balaban J connectivity index is 1.86. The van der Waals surface area contributed by atoms with Crippen LogP contribution >= 0.6 is 15.9 Å². The predicted octanol–water partition coefficient (Wildman–Crippen LogP) is 2.60. The molecule has 0 unspecified atom stereocenters. The zero-order valence-corrected chi connectivity index (χ0v) is 15.5. The Morgan fingerprint density at radius 1 is 1.12 bits per heavy atom. The number of para-hydroxylation sites is 1. The Morgan fingerprint density at radius 2 is 1.80 bits per heavy atom. The van der Waals surface area contributed by atoms with Crippen LogP contribution in [-0.2, 0) is 19.4 Å². The zero-order valence-electron chi connectivity index (χ0n) is 13.1. The largest absolute Gasteiger partial charge is 0.325 e. The van der Waals surface area contributed by atoms with E-state index in [1.807, 2.05) is 0 Å². The van der Waals surface area contributed by atoms with Gasteiger partial charge in [-0.05, 0) is 36.4 Å². The quantitative estimate of drug-likeness (QED) is 0.823. The SMILES string of the molecule is O=C(CN1C(=O)CCS(=O)(=O)c2ccccc21)Nc1ccc(Br)cc1. The number of nitrogens with one attached hydrogen (secondary N) is 1. The molecule has 2 aromatic carbocycles. The molecular formula is C17H15BrN2O4S. The van der Waals surface area contributed by atoms with Crippen LogP contribution in [0.15, 0.2) is 57.9 Å². The Labute approximate surface area is 153 Å². The summed E-state index contributed by atoms with van der Waals surface area (Å²) in [6, 6.07) is 13.3. The standard InChI is InChI=1S/C17H15BrN2O4S/c18-12-5-7-13(8-6-12)19-16(21)11-20-14-3-1-2-4-15(14)25(23,24)10-9-17(20)22/h1-8H,9-11H2,(H,19,21). The lowest BCUT2D eigenvalue weighted by atomic mass is 10.2. The number of fused-ring (bicyclic) bond motifs is 1. The first-order chi connectivity index (χ1) is 11.9. The molecule has 1 aliphatic rings. The van der Waals surface area contributed by atoms with Gasteiger partial charge in [0.25, 0.3) is 0 Å². The topological polar surface area (TPSA) is 83.6 Å². The van der Waals surface area contributed by atoms with Crippen LogP contribution in [0.1, 0.15) is 6.42 Å². The van der Waals surface area contributed by atoms with E-state index in [2.05, 4.69) is 21.2 Å². The maximum absolute atomic E-state index is 12.4. The van der Waals surface area contributed by atoms with Gasteiger partial charge in [0.2, 0.25) is 11.8 Å². The van der Waals surface area contributed by atoms with Gasteiger partial charge >= 0.3 is 0 Å². The Morgan fingerprint density at radius 3 is 2.52 bits per heavy atom. The number of carbonyl (C=O) groups is 2. The minimum atomic E-state index is -3.54. The molecule has 25 heavy (non-hydrogen) atoms. The molecule has 6 nitrogen and oxygen atoms in total. The van der Waals surface area contributed by atoms with Gasteiger partial charge in [0.1, 0.15) is 6.54 Å². The van der Waals surface area contributed by atoms with E-state index in [0.717, 1.165) is 4.47 Å². The molecule has 1 N–H and O–H groups in total. The van der Waals surface area contributed by atoms with Gasteiger partial charge in [-0.25, -0.2) is 8.42 Å². The van der Waals surface area contributed by atoms with Gasteiger partial charge < -0.3 is 10.2 Å². The van der Waals surface area contributed by atoms with Crippen molar-refractivity contribution in [2.75, 3.05) is 22.5 Å². The maximum Gasteiger partial charge on any atom is 0.244 e. The van der Waals surface area contributed by atoms with E-state index >= 15 is 0 Å². The third-order valence-electron chi connectivity index (χ3n) is 3.81. The van der Waals surface area contributed by atoms with Gasteiger partial charge in [-0.3, -0.25) is 9.59 Å². The van der Waals surface area contributed by atoms with E-state index in [-0.39, 0.29) is 35.2 Å². The lowest BCUT2D eigenvalue weighted by molar-refractivity contribution is -0.121. The highest BCUT2D eigenvalue weighted by Gasteiger charge is 2.31. The summed E-state index contributed by atoms with van der Waals surface area (Å²) >= 11 is 3.31. The molecule has 0 saturated heterocycles. The van der Waals surface area contributed by atoms with Crippen molar-refractivity contribution >= 4 is 49.0 Å². The molecular weight excluding hydrogens is 408 g/mol. The fraction of sp³-hybridized carbons (Fsp3) is 0.176. The van der Waals surface area contributed by atoms with Crippen molar-refractivity contribution < 1.29 is 18.0 Å². The highest BCUT2D eigenvalue weighted by molar-refractivity contribution is 9.10. The van der Waals surface area contributed by atoms with E-state index in [9.17, 15) is 18.0 Å². The third kappa shape index (κ3) is 3.91. The maximum atomic E-state index is 12.4. The molecule has 0 aromatic heterocycles. The zero-order chi connectivity index (χ0) is 18.0. The second-order valence-electron chi connectivity index (χ2n) is 5.57. The molecule has 0 spiro atoms. The predicted molar refractivity (Wildman–Crippen MR) is 98.2 cm³/mol. The van der Waals surface area contributed by atoms with Gasteiger partial charge in [-0.1, -0.05) is 28.1 Å².